The van der Waals surface area contributed by atoms with E-state index in [0.29, 0.717) is 0 Å². The van der Waals surface area contributed by atoms with Crippen LogP contribution in [-0.4, -0.2) is 10.5 Å². The number of hydrogen-bond donors (Lipinski definition) is 2. The molecule has 0 atom stereocenters. The molecule has 4 heteroatoms. The number of rotatable bonds is 0. The van der Waals surface area contributed by atoms with E-state index in [1.165, 1.54) is 0 Å². The molecule has 2 nitrogen and oxygen atoms in total. The van der Waals surface area contributed by atoms with Crippen LogP contribution in [0.1, 0.15) is 0 Å². The Labute approximate surface area is 51.5 Å². The van der Waals surface area contributed by atoms with Crippen molar-refractivity contribution in [2.45, 2.75) is 0 Å². The van der Waals surface area contributed by atoms with E-state index < -0.39 is 0 Å². The summed E-state index contributed by atoms with van der Waals surface area (Å²) in [4.78, 5) is 0. The molecule has 0 aliphatic rings. The summed E-state index contributed by atoms with van der Waals surface area (Å²) in [6, 6.07) is 0. The zero-order chi connectivity index (χ0) is 2.00. The van der Waals surface area contributed by atoms with Gasteiger partial charge in [0.1, 0.15) is 0 Å². The molecule has 0 aromatic rings. The Morgan fingerprint density at radius 1 is 0.750 bits per heavy atom. The van der Waals surface area contributed by atoms with Crippen molar-refractivity contribution in [3.05, 3.63) is 0 Å². The standard InChI is InChI=1S/H2O2.2Re/c1-2;;/h1-2H;;. The second-order valence-electron chi connectivity index (χ2n) is 0. The van der Waals surface area contributed by atoms with E-state index in [9.17, 15) is 0 Å². The van der Waals surface area contributed by atoms with Gasteiger partial charge in [-0.05, 0) is 0 Å². The van der Waals surface area contributed by atoms with Gasteiger partial charge in [0.2, 0.25) is 0 Å². The van der Waals surface area contributed by atoms with E-state index in [4.69, 9.17) is 10.5 Å². The molecule has 0 saturated carbocycles. The van der Waals surface area contributed by atoms with Crippen molar-refractivity contribution in [1.82, 2.24) is 0 Å². The summed E-state index contributed by atoms with van der Waals surface area (Å²) in [6.45, 7) is 0. The fraction of sp³-hybridized carbons (Fsp3) is 0. The van der Waals surface area contributed by atoms with Gasteiger partial charge in [-0.15, -0.1) is 0 Å². The Hall–Kier alpha value is 1.24. The van der Waals surface area contributed by atoms with Crippen LogP contribution in [0.15, 0.2) is 0 Å². The molecule has 0 aliphatic carbocycles. The van der Waals surface area contributed by atoms with Crippen LogP contribution < -0.4 is 0 Å². The van der Waals surface area contributed by atoms with E-state index in [1.807, 2.05) is 0 Å². The summed E-state index contributed by atoms with van der Waals surface area (Å²) in [5.74, 6) is 0. The maximum absolute atomic E-state index is 6.00. The van der Waals surface area contributed by atoms with Crippen molar-refractivity contribution in [3.63, 3.8) is 0 Å². The van der Waals surface area contributed by atoms with Gasteiger partial charge in [0.15, 0.2) is 0 Å². The van der Waals surface area contributed by atoms with Gasteiger partial charge in [0.05, 0.1) is 0 Å². The molecule has 4 heavy (non-hydrogen) atoms. The molecular weight excluding hydrogens is 404 g/mol. The molecule has 2 radical (unpaired) electrons. The molecule has 0 aliphatic heterocycles. The van der Waals surface area contributed by atoms with Crippen LogP contribution in [0.2, 0.25) is 0 Å². The Morgan fingerprint density at radius 2 is 0.750 bits per heavy atom. The van der Waals surface area contributed by atoms with Gasteiger partial charge in [-0.2, -0.15) is 0 Å². The molecule has 2 N–H and O–H groups in total. The van der Waals surface area contributed by atoms with Crippen LogP contribution in [-0.2, 0) is 40.8 Å². The molecule has 0 spiro atoms. The van der Waals surface area contributed by atoms with Crippen LogP contribution in [0.25, 0.3) is 0 Å². The second-order valence-corrected chi connectivity index (χ2v) is 0. The third-order valence-corrected chi connectivity index (χ3v) is 0. The summed E-state index contributed by atoms with van der Waals surface area (Å²) in [5, 5.41) is 12.0. The monoisotopic (exact) mass is 408 g/mol. The van der Waals surface area contributed by atoms with Gasteiger partial charge >= 0.3 is 0 Å². The SMILES string of the molecule is OO.[Re].[Re]. The maximum Gasteiger partial charge on any atom is 0 e. The maximum atomic E-state index is 6.00. The summed E-state index contributed by atoms with van der Waals surface area (Å²) < 4.78 is 0. The van der Waals surface area contributed by atoms with E-state index in [0.717, 1.165) is 0 Å². The fourth-order valence-corrected chi connectivity index (χ4v) is 0. The van der Waals surface area contributed by atoms with E-state index >= 15 is 0 Å². The van der Waals surface area contributed by atoms with Crippen molar-refractivity contribution in [3.8, 4) is 0 Å². The van der Waals surface area contributed by atoms with Crippen molar-refractivity contribution < 1.29 is 51.4 Å². The van der Waals surface area contributed by atoms with E-state index in [1.54, 1.807) is 0 Å². The third-order valence-electron chi connectivity index (χ3n) is 0. The smallest absolute Gasteiger partial charge is 0 e. The summed E-state index contributed by atoms with van der Waals surface area (Å²) in [7, 11) is 0. The van der Waals surface area contributed by atoms with Gasteiger partial charge in [0.25, 0.3) is 0 Å². The molecule has 0 saturated heterocycles. The quantitative estimate of drug-likeness (QED) is 0.440. The van der Waals surface area contributed by atoms with Gasteiger partial charge in [-0.25, -0.2) is 0 Å². The molecule has 0 amide bonds. The predicted molar refractivity (Wildman–Crippen MR) is 5.26 cm³/mol. The normalized spacial score (nSPS) is 1.50. The summed E-state index contributed by atoms with van der Waals surface area (Å²) >= 11 is 0. The molecule has 28 valence electrons. The first-order valence-electron chi connectivity index (χ1n) is 0.200. The van der Waals surface area contributed by atoms with Gasteiger partial charge in [-0.1, -0.05) is 0 Å². The Kier molecular flexibility index (Phi) is 135. The Morgan fingerprint density at radius 3 is 0.750 bits per heavy atom. The third kappa shape index (κ3) is 10.6. The molecule has 0 bridgehead atoms. The van der Waals surface area contributed by atoms with Crippen molar-refractivity contribution in [2.24, 2.45) is 0 Å². The van der Waals surface area contributed by atoms with E-state index in [-0.39, 0.29) is 40.8 Å². The Bertz CT molecular complexity index is 4.00. The number of hydrogen-bond acceptors (Lipinski definition) is 2. The van der Waals surface area contributed by atoms with Gasteiger partial charge < -0.3 is 0 Å². The largest absolute Gasteiger partial charge is 0.255 e. The van der Waals surface area contributed by atoms with Gasteiger partial charge in [0, 0.05) is 40.8 Å². The molecule has 0 heterocycles. The Balaban J connectivity index is -0.00000000500. The fourth-order valence-electron chi connectivity index (χ4n) is 0. The molecule has 0 aromatic carbocycles. The average molecular weight is 406 g/mol. The van der Waals surface area contributed by atoms with Gasteiger partial charge in [-0.3, -0.25) is 10.5 Å². The summed E-state index contributed by atoms with van der Waals surface area (Å²) in [6.07, 6.45) is 0. The average Bonchev–Trinajstić information content (AvgIpc) is 1.00. The molecule has 0 aromatic heterocycles. The molecular formula is H2O2Re2. The predicted octanol–water partition coefficient (Wildman–Crippen LogP) is 0.0124. The molecule has 0 rings (SSSR count). The topological polar surface area (TPSA) is 40.5 Å². The minimum absolute atomic E-state index is 0. The van der Waals surface area contributed by atoms with Crippen molar-refractivity contribution in [1.29, 1.82) is 0 Å². The van der Waals surface area contributed by atoms with Crippen LogP contribution in [0.5, 0.6) is 0 Å². The zero-order valence-corrected chi connectivity index (χ0v) is 7.08. The minimum Gasteiger partial charge on any atom is -0.255 e. The van der Waals surface area contributed by atoms with E-state index in [2.05, 4.69) is 0 Å². The zero-order valence-electron chi connectivity index (χ0n) is 1.65. The van der Waals surface area contributed by atoms with Crippen molar-refractivity contribution >= 4 is 0 Å². The van der Waals surface area contributed by atoms with Crippen LogP contribution in [0, 0.1) is 0 Å². The molecule has 0 unspecified atom stereocenters. The second kappa shape index (κ2) is 28.8. The minimum atomic E-state index is 0. The molecule has 0 fully saturated rings. The van der Waals surface area contributed by atoms with Crippen LogP contribution in [0.4, 0.5) is 0 Å². The first kappa shape index (κ1) is 18.8. The van der Waals surface area contributed by atoms with Crippen LogP contribution >= 0.6 is 0 Å². The first-order valence-corrected chi connectivity index (χ1v) is 0.200. The van der Waals surface area contributed by atoms with Crippen molar-refractivity contribution in [2.75, 3.05) is 0 Å². The summed E-state index contributed by atoms with van der Waals surface area (Å²) in [5.41, 5.74) is 0. The first-order chi connectivity index (χ1) is 1.00. The van der Waals surface area contributed by atoms with Crippen LogP contribution in [0.3, 0.4) is 0 Å².